The summed E-state index contributed by atoms with van der Waals surface area (Å²) in [4.78, 5) is 17.8. The number of guanidine groups is 1. The molecule has 6 heteroatoms. The summed E-state index contributed by atoms with van der Waals surface area (Å²) in [5.41, 5.74) is 5.94. The SMILES string of the molecule is CCOC(=O)N1CCC(NC(N)=NCC(CC)CC)CC1. The molecular formula is C15H30N4O2. The van der Waals surface area contributed by atoms with Gasteiger partial charge in [0.05, 0.1) is 6.61 Å². The first-order valence-corrected chi connectivity index (χ1v) is 8.08. The molecule has 0 atom stereocenters. The quantitative estimate of drug-likeness (QED) is 0.580. The number of nitrogens with one attached hydrogen (secondary N) is 1. The third kappa shape index (κ3) is 6.23. The number of aliphatic imine (C=N–C) groups is 1. The molecule has 0 aromatic carbocycles. The lowest BCUT2D eigenvalue weighted by molar-refractivity contribution is 0.0963. The Morgan fingerprint density at radius 1 is 1.33 bits per heavy atom. The lowest BCUT2D eigenvalue weighted by Gasteiger charge is -2.31. The van der Waals surface area contributed by atoms with Gasteiger partial charge in [0.15, 0.2) is 5.96 Å². The number of nitrogens with two attached hydrogens (primary N) is 1. The first-order chi connectivity index (χ1) is 10.1. The second-order valence-electron chi connectivity index (χ2n) is 5.51. The van der Waals surface area contributed by atoms with E-state index in [0.717, 1.165) is 32.2 Å². The lowest BCUT2D eigenvalue weighted by atomic mass is 10.0. The molecule has 0 bridgehead atoms. The molecule has 1 amide bonds. The average molecular weight is 298 g/mol. The fourth-order valence-corrected chi connectivity index (χ4v) is 2.45. The second kappa shape index (κ2) is 9.47. The summed E-state index contributed by atoms with van der Waals surface area (Å²) >= 11 is 0. The maximum Gasteiger partial charge on any atom is 0.409 e. The first kappa shape index (κ1) is 17.6. The maximum atomic E-state index is 11.6. The Labute approximate surface area is 128 Å². The van der Waals surface area contributed by atoms with Gasteiger partial charge in [0, 0.05) is 25.7 Å². The van der Waals surface area contributed by atoms with E-state index in [1.165, 1.54) is 0 Å². The minimum atomic E-state index is -0.216. The van der Waals surface area contributed by atoms with Crippen LogP contribution in [-0.4, -0.2) is 49.2 Å². The van der Waals surface area contributed by atoms with Gasteiger partial charge in [-0.25, -0.2) is 4.79 Å². The normalized spacial score (nSPS) is 17.1. The summed E-state index contributed by atoms with van der Waals surface area (Å²) in [7, 11) is 0. The summed E-state index contributed by atoms with van der Waals surface area (Å²) in [6.45, 7) is 8.80. The number of carbonyl (C=O) groups is 1. The van der Waals surface area contributed by atoms with Crippen LogP contribution in [0.3, 0.4) is 0 Å². The van der Waals surface area contributed by atoms with Crippen LogP contribution in [0.15, 0.2) is 4.99 Å². The van der Waals surface area contributed by atoms with Crippen molar-refractivity contribution in [2.75, 3.05) is 26.2 Å². The maximum absolute atomic E-state index is 11.6. The molecule has 1 saturated heterocycles. The van der Waals surface area contributed by atoms with Gasteiger partial charge in [-0.15, -0.1) is 0 Å². The Morgan fingerprint density at radius 2 is 1.95 bits per heavy atom. The molecule has 1 aliphatic rings. The van der Waals surface area contributed by atoms with Crippen LogP contribution >= 0.6 is 0 Å². The van der Waals surface area contributed by atoms with Crippen molar-refractivity contribution in [3.8, 4) is 0 Å². The van der Waals surface area contributed by atoms with Gasteiger partial charge >= 0.3 is 6.09 Å². The van der Waals surface area contributed by atoms with Gasteiger partial charge in [0.25, 0.3) is 0 Å². The zero-order chi connectivity index (χ0) is 15.7. The number of piperidine rings is 1. The molecule has 0 radical (unpaired) electrons. The van der Waals surface area contributed by atoms with Crippen LogP contribution in [0.1, 0.15) is 46.5 Å². The number of nitrogens with zero attached hydrogens (tertiary/aromatic N) is 2. The molecule has 6 nitrogen and oxygen atoms in total. The van der Waals surface area contributed by atoms with Gasteiger partial charge in [-0.1, -0.05) is 26.7 Å². The number of amides is 1. The smallest absolute Gasteiger partial charge is 0.409 e. The van der Waals surface area contributed by atoms with Crippen LogP contribution in [0, 0.1) is 5.92 Å². The highest BCUT2D eigenvalue weighted by Gasteiger charge is 2.23. The molecule has 1 rings (SSSR count). The van der Waals surface area contributed by atoms with E-state index in [4.69, 9.17) is 10.5 Å². The van der Waals surface area contributed by atoms with Crippen molar-refractivity contribution in [1.29, 1.82) is 0 Å². The number of rotatable bonds is 6. The van der Waals surface area contributed by atoms with E-state index < -0.39 is 0 Å². The molecule has 122 valence electrons. The highest BCUT2D eigenvalue weighted by Crippen LogP contribution is 2.11. The van der Waals surface area contributed by atoms with Crippen molar-refractivity contribution < 1.29 is 9.53 Å². The number of hydrogen-bond acceptors (Lipinski definition) is 3. The highest BCUT2D eigenvalue weighted by atomic mass is 16.6. The fraction of sp³-hybridized carbons (Fsp3) is 0.867. The number of hydrogen-bond donors (Lipinski definition) is 2. The molecule has 1 aliphatic heterocycles. The summed E-state index contributed by atoms with van der Waals surface area (Å²) < 4.78 is 5.01. The summed E-state index contributed by atoms with van der Waals surface area (Å²) in [6.07, 6.45) is 3.79. The van der Waals surface area contributed by atoms with Crippen molar-refractivity contribution in [2.45, 2.75) is 52.5 Å². The van der Waals surface area contributed by atoms with E-state index in [0.29, 0.717) is 37.6 Å². The molecule has 1 fully saturated rings. The van der Waals surface area contributed by atoms with Crippen molar-refractivity contribution in [1.82, 2.24) is 10.2 Å². The monoisotopic (exact) mass is 298 g/mol. The minimum Gasteiger partial charge on any atom is -0.450 e. The van der Waals surface area contributed by atoms with E-state index in [2.05, 4.69) is 24.2 Å². The van der Waals surface area contributed by atoms with Crippen LogP contribution in [-0.2, 0) is 4.74 Å². The van der Waals surface area contributed by atoms with Gasteiger partial charge in [-0.2, -0.15) is 0 Å². The molecule has 0 saturated carbocycles. The number of carbonyl (C=O) groups excluding carboxylic acids is 1. The van der Waals surface area contributed by atoms with E-state index in [1.54, 1.807) is 4.90 Å². The molecule has 0 unspecified atom stereocenters. The van der Waals surface area contributed by atoms with Gasteiger partial charge < -0.3 is 20.7 Å². The zero-order valence-corrected chi connectivity index (χ0v) is 13.6. The predicted molar refractivity (Wildman–Crippen MR) is 85.3 cm³/mol. The topological polar surface area (TPSA) is 80.0 Å². The van der Waals surface area contributed by atoms with Gasteiger partial charge in [-0.05, 0) is 25.7 Å². The van der Waals surface area contributed by atoms with Crippen molar-refractivity contribution >= 4 is 12.1 Å². The summed E-state index contributed by atoms with van der Waals surface area (Å²) in [5.74, 6) is 1.13. The van der Waals surface area contributed by atoms with E-state index >= 15 is 0 Å². The van der Waals surface area contributed by atoms with E-state index in [1.807, 2.05) is 6.92 Å². The molecule has 0 spiro atoms. The first-order valence-electron chi connectivity index (χ1n) is 8.08. The van der Waals surface area contributed by atoms with Crippen molar-refractivity contribution in [2.24, 2.45) is 16.6 Å². The Hall–Kier alpha value is -1.46. The Kier molecular flexibility index (Phi) is 7.93. The Bertz CT molecular complexity index is 335. The van der Waals surface area contributed by atoms with Crippen LogP contribution < -0.4 is 11.1 Å². The molecule has 3 N–H and O–H groups in total. The molecule has 0 aliphatic carbocycles. The van der Waals surface area contributed by atoms with Crippen LogP contribution in [0.25, 0.3) is 0 Å². The third-order valence-electron chi connectivity index (χ3n) is 4.05. The molecule has 21 heavy (non-hydrogen) atoms. The minimum absolute atomic E-state index is 0.216. The van der Waals surface area contributed by atoms with Crippen LogP contribution in [0.2, 0.25) is 0 Å². The Morgan fingerprint density at radius 3 is 2.48 bits per heavy atom. The predicted octanol–water partition coefficient (Wildman–Crippen LogP) is 1.95. The van der Waals surface area contributed by atoms with E-state index in [-0.39, 0.29) is 6.09 Å². The fourth-order valence-electron chi connectivity index (χ4n) is 2.45. The molecular weight excluding hydrogens is 268 g/mol. The lowest BCUT2D eigenvalue weighted by Crippen LogP contribution is -2.48. The zero-order valence-electron chi connectivity index (χ0n) is 13.6. The number of likely N-dealkylation sites (tertiary alicyclic amines) is 1. The third-order valence-corrected chi connectivity index (χ3v) is 4.05. The Balaban J connectivity index is 2.31. The summed E-state index contributed by atoms with van der Waals surface area (Å²) in [6, 6.07) is 0.293. The second-order valence-corrected chi connectivity index (χ2v) is 5.51. The number of ether oxygens (including phenoxy) is 1. The van der Waals surface area contributed by atoms with Crippen molar-refractivity contribution in [3.63, 3.8) is 0 Å². The van der Waals surface area contributed by atoms with Crippen LogP contribution in [0.5, 0.6) is 0 Å². The van der Waals surface area contributed by atoms with Gasteiger partial charge in [0.2, 0.25) is 0 Å². The van der Waals surface area contributed by atoms with Crippen LogP contribution in [0.4, 0.5) is 4.79 Å². The molecule has 0 aromatic heterocycles. The highest BCUT2D eigenvalue weighted by molar-refractivity contribution is 5.78. The van der Waals surface area contributed by atoms with Gasteiger partial charge in [-0.3, -0.25) is 4.99 Å². The standard InChI is InChI=1S/C15H30N4O2/c1-4-12(5-2)11-17-14(16)18-13-7-9-19(10-8-13)15(20)21-6-3/h12-13H,4-11H2,1-3H3,(H3,16,17,18). The van der Waals surface area contributed by atoms with Crippen molar-refractivity contribution in [3.05, 3.63) is 0 Å². The molecule has 0 aromatic rings. The summed E-state index contributed by atoms with van der Waals surface area (Å²) in [5, 5.41) is 3.26. The largest absolute Gasteiger partial charge is 0.450 e. The van der Waals surface area contributed by atoms with E-state index in [9.17, 15) is 4.79 Å². The average Bonchev–Trinajstić information content (AvgIpc) is 2.49. The molecule has 1 heterocycles. The van der Waals surface area contributed by atoms with Gasteiger partial charge in [0.1, 0.15) is 0 Å².